The van der Waals surface area contributed by atoms with Crippen LogP contribution in [0.15, 0.2) is 42.5 Å². The highest BCUT2D eigenvalue weighted by atomic mass is 16.6. The van der Waals surface area contributed by atoms with E-state index in [4.69, 9.17) is 11.1 Å². The summed E-state index contributed by atoms with van der Waals surface area (Å²) in [5.41, 5.74) is 4.51. The van der Waals surface area contributed by atoms with E-state index in [9.17, 15) is 10.1 Å². The smallest absolute Gasteiger partial charge is 0.273 e. The summed E-state index contributed by atoms with van der Waals surface area (Å²) in [6, 6.07) is 13.1. The van der Waals surface area contributed by atoms with Gasteiger partial charge in [-0.1, -0.05) is 0 Å². The second-order valence-corrected chi connectivity index (χ2v) is 3.98. The van der Waals surface area contributed by atoms with Crippen LogP contribution in [-0.4, -0.2) is 4.92 Å². The van der Waals surface area contributed by atoms with Crippen LogP contribution in [0.4, 0.5) is 22.7 Å². The standard InChI is InChI=1S/C13H11N5O2/c14-8-9-1-3-10(4-2-9)16-11-5-12(17-15)7-13(6-11)18(19)20/h1-7,16-17H,15H2. The van der Waals surface area contributed by atoms with Crippen molar-refractivity contribution in [3.63, 3.8) is 0 Å². The van der Waals surface area contributed by atoms with Crippen molar-refractivity contribution in [2.75, 3.05) is 10.7 Å². The molecule has 0 saturated heterocycles. The van der Waals surface area contributed by atoms with Crippen molar-refractivity contribution >= 4 is 22.7 Å². The predicted molar refractivity (Wildman–Crippen MR) is 75.3 cm³/mol. The van der Waals surface area contributed by atoms with Crippen molar-refractivity contribution in [1.82, 2.24) is 0 Å². The third kappa shape index (κ3) is 3.01. The van der Waals surface area contributed by atoms with Gasteiger partial charge in [0.05, 0.1) is 22.2 Å². The summed E-state index contributed by atoms with van der Waals surface area (Å²) in [4.78, 5) is 10.3. The van der Waals surface area contributed by atoms with Crippen LogP contribution in [0.1, 0.15) is 5.56 Å². The number of nitrogen functional groups attached to an aromatic ring is 1. The van der Waals surface area contributed by atoms with Gasteiger partial charge in [0.1, 0.15) is 0 Å². The number of nitrogens with one attached hydrogen (secondary N) is 2. The van der Waals surface area contributed by atoms with Gasteiger partial charge in [-0.25, -0.2) is 0 Å². The minimum Gasteiger partial charge on any atom is -0.355 e. The maximum Gasteiger partial charge on any atom is 0.273 e. The molecule has 0 spiro atoms. The zero-order valence-electron chi connectivity index (χ0n) is 10.3. The van der Waals surface area contributed by atoms with Gasteiger partial charge in [-0.05, 0) is 30.3 Å². The van der Waals surface area contributed by atoms with Crippen LogP contribution in [0, 0.1) is 21.4 Å². The molecule has 2 rings (SSSR count). The Labute approximate surface area is 114 Å². The Morgan fingerprint density at radius 2 is 1.75 bits per heavy atom. The number of nitrogens with two attached hydrogens (primary N) is 1. The van der Waals surface area contributed by atoms with Crippen LogP contribution < -0.4 is 16.6 Å². The number of hydrogen-bond donors (Lipinski definition) is 3. The first-order valence-electron chi connectivity index (χ1n) is 5.65. The highest BCUT2D eigenvalue weighted by Crippen LogP contribution is 2.26. The molecule has 20 heavy (non-hydrogen) atoms. The molecule has 100 valence electrons. The molecule has 0 radical (unpaired) electrons. The molecule has 2 aromatic carbocycles. The topological polar surface area (TPSA) is 117 Å². The van der Waals surface area contributed by atoms with Crippen LogP contribution in [-0.2, 0) is 0 Å². The number of rotatable bonds is 4. The normalized spacial score (nSPS) is 9.60. The van der Waals surface area contributed by atoms with E-state index in [0.717, 1.165) is 0 Å². The summed E-state index contributed by atoms with van der Waals surface area (Å²) in [7, 11) is 0. The van der Waals surface area contributed by atoms with Gasteiger partial charge in [0, 0.05) is 23.5 Å². The highest BCUT2D eigenvalue weighted by molar-refractivity contribution is 5.68. The second kappa shape index (κ2) is 5.69. The molecule has 0 aliphatic carbocycles. The molecule has 0 unspecified atom stereocenters. The average Bonchev–Trinajstić information content (AvgIpc) is 2.47. The van der Waals surface area contributed by atoms with E-state index in [0.29, 0.717) is 22.6 Å². The van der Waals surface area contributed by atoms with E-state index in [2.05, 4.69) is 10.7 Å². The molecular formula is C13H11N5O2. The lowest BCUT2D eigenvalue weighted by molar-refractivity contribution is -0.384. The lowest BCUT2D eigenvalue weighted by atomic mass is 10.2. The van der Waals surface area contributed by atoms with Gasteiger partial charge >= 0.3 is 0 Å². The molecule has 2 aromatic rings. The van der Waals surface area contributed by atoms with Crippen molar-refractivity contribution in [2.45, 2.75) is 0 Å². The molecule has 0 aromatic heterocycles. The Bertz CT molecular complexity index is 676. The molecule has 0 heterocycles. The minimum atomic E-state index is -0.495. The number of nitriles is 1. The Morgan fingerprint density at radius 1 is 1.10 bits per heavy atom. The zero-order chi connectivity index (χ0) is 14.5. The summed E-state index contributed by atoms with van der Waals surface area (Å²) in [5.74, 6) is 5.28. The van der Waals surface area contributed by atoms with Crippen LogP contribution in [0.3, 0.4) is 0 Å². The number of nitro groups is 1. The largest absolute Gasteiger partial charge is 0.355 e. The van der Waals surface area contributed by atoms with Gasteiger partial charge in [-0.2, -0.15) is 5.26 Å². The monoisotopic (exact) mass is 269 g/mol. The molecule has 0 amide bonds. The van der Waals surface area contributed by atoms with Gasteiger partial charge in [0.2, 0.25) is 0 Å². The van der Waals surface area contributed by atoms with Crippen molar-refractivity contribution < 1.29 is 4.92 Å². The molecule has 0 atom stereocenters. The van der Waals surface area contributed by atoms with Gasteiger partial charge in [0.15, 0.2) is 0 Å². The third-order valence-electron chi connectivity index (χ3n) is 2.60. The fourth-order valence-electron chi connectivity index (χ4n) is 1.67. The highest BCUT2D eigenvalue weighted by Gasteiger charge is 2.09. The zero-order valence-corrected chi connectivity index (χ0v) is 10.3. The number of non-ortho nitro benzene ring substituents is 1. The molecule has 7 heteroatoms. The maximum atomic E-state index is 10.8. The van der Waals surface area contributed by atoms with Gasteiger partial charge in [0.25, 0.3) is 5.69 Å². The van der Waals surface area contributed by atoms with E-state index < -0.39 is 4.92 Å². The molecule has 7 nitrogen and oxygen atoms in total. The van der Waals surface area contributed by atoms with E-state index in [1.807, 2.05) is 6.07 Å². The van der Waals surface area contributed by atoms with Crippen LogP contribution >= 0.6 is 0 Å². The van der Waals surface area contributed by atoms with Crippen molar-refractivity contribution in [2.24, 2.45) is 5.84 Å². The van der Waals surface area contributed by atoms with Crippen molar-refractivity contribution in [1.29, 1.82) is 5.26 Å². The van der Waals surface area contributed by atoms with Gasteiger partial charge in [-0.15, -0.1) is 0 Å². The Morgan fingerprint density at radius 3 is 2.30 bits per heavy atom. The van der Waals surface area contributed by atoms with E-state index >= 15 is 0 Å². The number of hydrazine groups is 1. The van der Waals surface area contributed by atoms with E-state index in [-0.39, 0.29) is 5.69 Å². The average molecular weight is 269 g/mol. The Kier molecular flexibility index (Phi) is 3.79. The lowest BCUT2D eigenvalue weighted by Crippen LogP contribution is -2.07. The summed E-state index contributed by atoms with van der Waals surface area (Å²) >= 11 is 0. The first-order chi connectivity index (χ1) is 9.62. The van der Waals surface area contributed by atoms with E-state index in [1.54, 1.807) is 30.3 Å². The Balaban J connectivity index is 2.30. The third-order valence-corrected chi connectivity index (χ3v) is 2.60. The fraction of sp³-hybridized carbons (Fsp3) is 0. The summed E-state index contributed by atoms with van der Waals surface area (Å²) < 4.78 is 0. The van der Waals surface area contributed by atoms with Crippen molar-refractivity contribution in [3.05, 3.63) is 58.1 Å². The molecule has 0 saturated carbocycles. The number of anilines is 3. The van der Waals surface area contributed by atoms with E-state index in [1.165, 1.54) is 12.1 Å². The molecule has 0 fully saturated rings. The van der Waals surface area contributed by atoms with Crippen LogP contribution in [0.25, 0.3) is 0 Å². The van der Waals surface area contributed by atoms with Crippen LogP contribution in [0.5, 0.6) is 0 Å². The lowest BCUT2D eigenvalue weighted by Gasteiger charge is -2.08. The quantitative estimate of drug-likeness (QED) is 0.446. The SMILES string of the molecule is N#Cc1ccc(Nc2cc(NN)cc([N+](=O)[O-])c2)cc1. The van der Waals surface area contributed by atoms with Crippen molar-refractivity contribution in [3.8, 4) is 6.07 Å². The molecule has 0 aliphatic heterocycles. The maximum absolute atomic E-state index is 10.8. The number of nitrogens with zero attached hydrogens (tertiary/aromatic N) is 2. The first kappa shape index (κ1) is 13.3. The van der Waals surface area contributed by atoms with Gasteiger partial charge < -0.3 is 10.7 Å². The van der Waals surface area contributed by atoms with Gasteiger partial charge in [-0.3, -0.25) is 16.0 Å². The number of nitro benzene ring substituents is 1. The predicted octanol–water partition coefficient (Wildman–Crippen LogP) is 2.50. The fourth-order valence-corrected chi connectivity index (χ4v) is 1.67. The van der Waals surface area contributed by atoms with Crippen LogP contribution in [0.2, 0.25) is 0 Å². The molecule has 4 N–H and O–H groups in total. The summed E-state index contributed by atoms with van der Waals surface area (Å²) in [6.45, 7) is 0. The molecule has 0 bridgehead atoms. The minimum absolute atomic E-state index is 0.0726. The summed E-state index contributed by atoms with van der Waals surface area (Å²) in [6.07, 6.45) is 0. The first-order valence-corrected chi connectivity index (χ1v) is 5.65. The number of hydrogen-bond acceptors (Lipinski definition) is 6. The second-order valence-electron chi connectivity index (χ2n) is 3.98. The Hall–Kier alpha value is -3.11. The number of benzene rings is 2. The molecular weight excluding hydrogens is 258 g/mol. The summed E-state index contributed by atoms with van der Waals surface area (Å²) in [5, 5.41) is 22.6. The molecule has 0 aliphatic rings.